The van der Waals surface area contributed by atoms with Gasteiger partial charge >= 0.3 is 0 Å². The fourth-order valence-electron chi connectivity index (χ4n) is 1.01. The Hall–Kier alpha value is -0.620. The molecule has 1 rings (SSSR count). The molecule has 5 nitrogen and oxygen atoms in total. The minimum absolute atomic E-state index is 0.327. The molecule has 0 aromatic heterocycles. The quantitative estimate of drug-likeness (QED) is 0.280. The first kappa shape index (κ1) is 13.4. The molecule has 1 unspecified atom stereocenters. The van der Waals surface area contributed by atoms with E-state index in [1.54, 1.807) is 0 Å². The van der Waals surface area contributed by atoms with Crippen LogP contribution in [0.15, 0.2) is 12.8 Å². The maximum Gasteiger partial charge on any atom is 0.111 e. The number of hydrogen-bond acceptors (Lipinski definition) is 5. The van der Waals surface area contributed by atoms with Gasteiger partial charge < -0.3 is 23.7 Å². The van der Waals surface area contributed by atoms with E-state index >= 15 is 0 Å². The zero-order valence-electron chi connectivity index (χ0n) is 9.56. The van der Waals surface area contributed by atoms with Crippen LogP contribution in [0.5, 0.6) is 0 Å². The summed E-state index contributed by atoms with van der Waals surface area (Å²) in [6, 6.07) is 0. The number of ether oxygens (including phenoxy) is 5. The molecule has 0 bridgehead atoms. The van der Waals surface area contributed by atoms with Gasteiger partial charge in [0.1, 0.15) is 12.7 Å². The number of hydrogen-bond donors (Lipinski definition) is 0. The predicted molar refractivity (Wildman–Crippen MR) is 58.3 cm³/mol. The molecule has 0 radical (unpaired) electrons. The molecule has 0 aromatic carbocycles. The molecule has 1 aliphatic heterocycles. The van der Waals surface area contributed by atoms with Crippen LogP contribution in [0, 0.1) is 0 Å². The van der Waals surface area contributed by atoms with Gasteiger partial charge in [-0.05, 0) is 0 Å². The highest BCUT2D eigenvalue weighted by Gasteiger charge is 2.21. The first-order valence-electron chi connectivity index (χ1n) is 5.51. The molecule has 16 heavy (non-hydrogen) atoms. The molecule has 1 aliphatic rings. The Morgan fingerprint density at radius 2 is 1.56 bits per heavy atom. The van der Waals surface area contributed by atoms with Crippen molar-refractivity contribution in [1.29, 1.82) is 0 Å². The Kier molecular flexibility index (Phi) is 8.06. The molecule has 94 valence electrons. The largest absolute Gasteiger partial charge is 0.499 e. The van der Waals surface area contributed by atoms with E-state index in [-0.39, 0.29) is 0 Å². The van der Waals surface area contributed by atoms with Crippen LogP contribution < -0.4 is 0 Å². The summed E-state index contributed by atoms with van der Waals surface area (Å²) in [6.45, 7) is 8.40. The van der Waals surface area contributed by atoms with Crippen molar-refractivity contribution < 1.29 is 23.7 Å². The van der Waals surface area contributed by atoms with Crippen LogP contribution in [0.1, 0.15) is 0 Å². The van der Waals surface area contributed by atoms with Gasteiger partial charge in [-0.15, -0.1) is 0 Å². The molecule has 0 aromatic rings. The molecule has 0 amide bonds. The Morgan fingerprint density at radius 1 is 1.00 bits per heavy atom. The lowest BCUT2D eigenvalue weighted by Crippen LogP contribution is -2.12. The van der Waals surface area contributed by atoms with Crippen molar-refractivity contribution in [3.8, 4) is 0 Å². The van der Waals surface area contributed by atoms with Crippen molar-refractivity contribution in [1.82, 2.24) is 0 Å². The van der Waals surface area contributed by atoms with E-state index in [4.69, 9.17) is 23.7 Å². The first-order chi connectivity index (χ1) is 7.93. The summed E-state index contributed by atoms with van der Waals surface area (Å²) < 4.78 is 25.7. The molecule has 1 fully saturated rings. The van der Waals surface area contributed by atoms with Gasteiger partial charge in [0.2, 0.25) is 0 Å². The summed E-state index contributed by atoms with van der Waals surface area (Å²) in [4.78, 5) is 0. The highest BCUT2D eigenvalue weighted by molar-refractivity contribution is 4.66. The molecule has 1 saturated heterocycles. The van der Waals surface area contributed by atoms with Crippen LogP contribution in [0.3, 0.4) is 0 Å². The second-order valence-corrected chi connectivity index (χ2v) is 3.29. The predicted octanol–water partition coefficient (Wildman–Crippen LogP) is 0.595. The van der Waals surface area contributed by atoms with E-state index in [1.807, 2.05) is 0 Å². The zero-order valence-corrected chi connectivity index (χ0v) is 9.56. The van der Waals surface area contributed by atoms with E-state index in [1.165, 1.54) is 6.26 Å². The van der Waals surface area contributed by atoms with Crippen molar-refractivity contribution in [2.24, 2.45) is 0 Å². The van der Waals surface area contributed by atoms with Gasteiger partial charge in [0.25, 0.3) is 0 Å². The Balaban J connectivity index is 1.63. The molecule has 0 spiro atoms. The first-order valence-corrected chi connectivity index (χ1v) is 5.51. The van der Waals surface area contributed by atoms with Crippen molar-refractivity contribution in [2.75, 3.05) is 52.9 Å². The van der Waals surface area contributed by atoms with Crippen LogP contribution >= 0.6 is 0 Å². The standard InChI is InChI=1S/C11H20O5/c1-2-12-3-4-13-5-6-14-7-8-15-9-11-10-16-11/h2,11H,1,3-10H2. The lowest BCUT2D eigenvalue weighted by Gasteiger charge is -2.06. The smallest absolute Gasteiger partial charge is 0.111 e. The molecule has 0 aliphatic carbocycles. The summed E-state index contributed by atoms with van der Waals surface area (Å²) >= 11 is 0. The highest BCUT2D eigenvalue weighted by Crippen LogP contribution is 2.07. The van der Waals surface area contributed by atoms with Gasteiger partial charge in [-0.25, -0.2) is 0 Å². The molecular formula is C11H20O5. The molecule has 0 N–H and O–H groups in total. The maximum atomic E-state index is 5.30. The Labute approximate surface area is 96.3 Å². The summed E-state index contributed by atoms with van der Waals surface area (Å²) in [5.74, 6) is 0. The van der Waals surface area contributed by atoms with Gasteiger partial charge in [-0.3, -0.25) is 0 Å². The van der Waals surface area contributed by atoms with Crippen LogP contribution in [0.4, 0.5) is 0 Å². The van der Waals surface area contributed by atoms with E-state index < -0.39 is 0 Å². The fraction of sp³-hybridized carbons (Fsp3) is 0.818. The van der Waals surface area contributed by atoms with Crippen molar-refractivity contribution in [3.63, 3.8) is 0 Å². The second-order valence-electron chi connectivity index (χ2n) is 3.29. The molecular weight excluding hydrogens is 212 g/mol. The third-order valence-corrected chi connectivity index (χ3v) is 1.91. The van der Waals surface area contributed by atoms with Crippen LogP contribution in [0.25, 0.3) is 0 Å². The summed E-state index contributed by atoms with van der Waals surface area (Å²) in [6.07, 6.45) is 1.73. The van der Waals surface area contributed by atoms with Gasteiger partial charge in [0, 0.05) is 0 Å². The lowest BCUT2D eigenvalue weighted by molar-refractivity contribution is 0.00454. The third kappa shape index (κ3) is 8.67. The Bertz CT molecular complexity index is 170. The molecule has 1 heterocycles. The minimum Gasteiger partial charge on any atom is -0.499 e. The van der Waals surface area contributed by atoms with Gasteiger partial charge in [0.15, 0.2) is 0 Å². The third-order valence-electron chi connectivity index (χ3n) is 1.91. The van der Waals surface area contributed by atoms with Crippen molar-refractivity contribution >= 4 is 0 Å². The topological polar surface area (TPSA) is 49.5 Å². The monoisotopic (exact) mass is 232 g/mol. The van der Waals surface area contributed by atoms with E-state index in [0.29, 0.717) is 52.4 Å². The van der Waals surface area contributed by atoms with Crippen LogP contribution in [-0.4, -0.2) is 59.0 Å². The average molecular weight is 232 g/mol. The zero-order chi connectivity index (χ0) is 11.5. The average Bonchev–Trinajstić information content (AvgIpc) is 3.10. The molecule has 1 atom stereocenters. The minimum atomic E-state index is 0.327. The summed E-state index contributed by atoms with van der Waals surface area (Å²) in [5.41, 5.74) is 0. The molecule has 0 saturated carbocycles. The number of epoxide rings is 1. The van der Waals surface area contributed by atoms with Crippen LogP contribution in [0.2, 0.25) is 0 Å². The summed E-state index contributed by atoms with van der Waals surface area (Å²) in [7, 11) is 0. The fourth-order valence-corrected chi connectivity index (χ4v) is 1.01. The van der Waals surface area contributed by atoms with Crippen LogP contribution in [-0.2, 0) is 23.7 Å². The van der Waals surface area contributed by atoms with Gasteiger partial charge in [0.05, 0.1) is 52.5 Å². The van der Waals surface area contributed by atoms with Gasteiger partial charge in [-0.2, -0.15) is 0 Å². The SMILES string of the molecule is C=COCCOCCOCCOCC1CO1. The van der Waals surface area contributed by atoms with E-state index in [9.17, 15) is 0 Å². The van der Waals surface area contributed by atoms with Crippen molar-refractivity contribution in [3.05, 3.63) is 12.8 Å². The number of rotatable bonds is 12. The lowest BCUT2D eigenvalue weighted by atomic mass is 10.5. The van der Waals surface area contributed by atoms with E-state index in [0.717, 1.165) is 6.61 Å². The second kappa shape index (κ2) is 9.59. The highest BCUT2D eigenvalue weighted by atomic mass is 16.6. The Morgan fingerprint density at radius 3 is 2.12 bits per heavy atom. The van der Waals surface area contributed by atoms with Crippen molar-refractivity contribution in [2.45, 2.75) is 6.10 Å². The van der Waals surface area contributed by atoms with E-state index in [2.05, 4.69) is 6.58 Å². The maximum absolute atomic E-state index is 5.30. The molecule has 5 heteroatoms. The summed E-state index contributed by atoms with van der Waals surface area (Å²) in [5, 5.41) is 0. The normalized spacial score (nSPS) is 18.4. The van der Waals surface area contributed by atoms with Gasteiger partial charge in [-0.1, -0.05) is 6.58 Å².